The second kappa shape index (κ2) is 6.09. The van der Waals surface area contributed by atoms with Crippen molar-refractivity contribution >= 4 is 10.2 Å². The van der Waals surface area contributed by atoms with Crippen molar-refractivity contribution in [2.45, 2.75) is 31.5 Å². The Hall–Kier alpha value is -1.15. The quantitative estimate of drug-likeness (QED) is 0.801. The lowest BCUT2D eigenvalue weighted by Crippen LogP contribution is -2.50. The molecular weight excluding hydrogens is 280 g/mol. The standard InChI is InChI=1S/C13H20N2O4S/c1-15(9-10-4-3-5-13(6-10)19-2)20(17,18)14-11-7-12(16)8-11/h3-6,11-12,14,16H,7-9H2,1-2H3. The highest BCUT2D eigenvalue weighted by atomic mass is 32.2. The molecule has 1 aromatic rings. The van der Waals surface area contributed by atoms with Gasteiger partial charge in [-0.05, 0) is 30.5 Å². The molecule has 0 saturated heterocycles. The number of ether oxygens (including phenoxy) is 1. The first-order valence-corrected chi connectivity index (χ1v) is 7.89. The second-order valence-corrected chi connectivity index (χ2v) is 6.86. The number of nitrogens with zero attached hydrogens (tertiary/aromatic N) is 1. The highest BCUT2D eigenvalue weighted by Crippen LogP contribution is 2.21. The minimum Gasteiger partial charge on any atom is -0.497 e. The molecule has 112 valence electrons. The summed E-state index contributed by atoms with van der Waals surface area (Å²) in [5, 5.41) is 9.18. The van der Waals surface area contributed by atoms with Crippen LogP contribution >= 0.6 is 0 Å². The van der Waals surface area contributed by atoms with E-state index >= 15 is 0 Å². The van der Waals surface area contributed by atoms with Gasteiger partial charge in [0.2, 0.25) is 0 Å². The molecule has 1 aliphatic carbocycles. The summed E-state index contributed by atoms with van der Waals surface area (Å²) in [6.45, 7) is 0.266. The van der Waals surface area contributed by atoms with Crippen LogP contribution in [0.1, 0.15) is 18.4 Å². The van der Waals surface area contributed by atoms with Crippen LogP contribution in [0.15, 0.2) is 24.3 Å². The van der Waals surface area contributed by atoms with Gasteiger partial charge in [0, 0.05) is 19.6 Å². The smallest absolute Gasteiger partial charge is 0.279 e. The third-order valence-electron chi connectivity index (χ3n) is 3.38. The van der Waals surface area contributed by atoms with Crippen LogP contribution < -0.4 is 9.46 Å². The fourth-order valence-corrected chi connectivity index (χ4v) is 3.21. The summed E-state index contributed by atoms with van der Waals surface area (Å²) in [5.41, 5.74) is 0.853. The Kier molecular flexibility index (Phi) is 4.64. The van der Waals surface area contributed by atoms with Gasteiger partial charge in [-0.3, -0.25) is 0 Å². The predicted octanol–water partition coefficient (Wildman–Crippen LogP) is 0.485. The Morgan fingerprint density at radius 2 is 2.15 bits per heavy atom. The van der Waals surface area contributed by atoms with Crippen LogP contribution in [0.25, 0.3) is 0 Å². The molecule has 20 heavy (non-hydrogen) atoms. The van der Waals surface area contributed by atoms with E-state index in [-0.39, 0.29) is 18.7 Å². The molecule has 0 amide bonds. The highest BCUT2D eigenvalue weighted by molar-refractivity contribution is 7.87. The zero-order valence-corrected chi connectivity index (χ0v) is 12.4. The zero-order valence-electron chi connectivity index (χ0n) is 11.6. The van der Waals surface area contributed by atoms with Crippen LogP contribution in [0.2, 0.25) is 0 Å². The molecule has 0 aromatic heterocycles. The van der Waals surface area contributed by atoms with Crippen LogP contribution in [-0.4, -0.2) is 44.1 Å². The molecule has 2 N–H and O–H groups in total. The van der Waals surface area contributed by atoms with Gasteiger partial charge in [-0.25, -0.2) is 0 Å². The first kappa shape index (κ1) is 15.2. The van der Waals surface area contributed by atoms with E-state index < -0.39 is 10.2 Å². The second-order valence-electron chi connectivity index (χ2n) is 5.05. The van der Waals surface area contributed by atoms with Crippen molar-refractivity contribution in [3.05, 3.63) is 29.8 Å². The summed E-state index contributed by atoms with van der Waals surface area (Å²) in [5.74, 6) is 0.698. The fourth-order valence-electron chi connectivity index (χ4n) is 2.10. The molecule has 1 saturated carbocycles. The summed E-state index contributed by atoms with van der Waals surface area (Å²) < 4.78 is 33.2. The summed E-state index contributed by atoms with van der Waals surface area (Å²) in [7, 11) is -0.433. The van der Waals surface area contributed by atoms with Crippen molar-refractivity contribution in [1.29, 1.82) is 0 Å². The van der Waals surface area contributed by atoms with Gasteiger partial charge in [0.25, 0.3) is 10.2 Å². The summed E-state index contributed by atoms with van der Waals surface area (Å²) in [4.78, 5) is 0. The zero-order chi connectivity index (χ0) is 14.8. The number of hydrogen-bond donors (Lipinski definition) is 2. The van der Waals surface area contributed by atoms with Gasteiger partial charge in [-0.15, -0.1) is 0 Å². The van der Waals surface area contributed by atoms with E-state index in [1.807, 2.05) is 18.2 Å². The Morgan fingerprint density at radius 3 is 2.75 bits per heavy atom. The Bertz CT molecular complexity index is 555. The van der Waals surface area contributed by atoms with E-state index in [1.54, 1.807) is 13.2 Å². The lowest BCUT2D eigenvalue weighted by atomic mass is 9.91. The van der Waals surface area contributed by atoms with Gasteiger partial charge in [0.1, 0.15) is 5.75 Å². The number of benzene rings is 1. The van der Waals surface area contributed by atoms with Gasteiger partial charge in [-0.2, -0.15) is 17.4 Å². The fraction of sp³-hybridized carbons (Fsp3) is 0.538. The molecule has 1 aromatic carbocycles. The Balaban J connectivity index is 1.97. The van der Waals surface area contributed by atoms with Gasteiger partial charge in [-0.1, -0.05) is 12.1 Å². The molecule has 2 rings (SSSR count). The summed E-state index contributed by atoms with van der Waals surface area (Å²) in [6.07, 6.45) is 0.574. The van der Waals surface area contributed by atoms with E-state index in [1.165, 1.54) is 11.4 Å². The minimum absolute atomic E-state index is 0.164. The van der Waals surface area contributed by atoms with E-state index in [2.05, 4.69) is 4.72 Å². The number of hydrogen-bond acceptors (Lipinski definition) is 4. The average Bonchev–Trinajstić information content (AvgIpc) is 2.37. The first-order chi connectivity index (χ1) is 9.40. The van der Waals surface area contributed by atoms with Crippen LogP contribution in [0.3, 0.4) is 0 Å². The Morgan fingerprint density at radius 1 is 1.45 bits per heavy atom. The van der Waals surface area contributed by atoms with E-state index in [4.69, 9.17) is 4.74 Å². The monoisotopic (exact) mass is 300 g/mol. The van der Waals surface area contributed by atoms with E-state index in [9.17, 15) is 13.5 Å². The van der Waals surface area contributed by atoms with Gasteiger partial charge >= 0.3 is 0 Å². The molecule has 0 radical (unpaired) electrons. The largest absolute Gasteiger partial charge is 0.497 e. The third-order valence-corrected chi connectivity index (χ3v) is 4.96. The van der Waals surface area contributed by atoms with Gasteiger partial charge in [0.05, 0.1) is 13.2 Å². The van der Waals surface area contributed by atoms with Crippen molar-refractivity contribution < 1.29 is 18.3 Å². The van der Waals surface area contributed by atoms with E-state index in [0.29, 0.717) is 18.6 Å². The maximum Gasteiger partial charge on any atom is 0.279 e. The first-order valence-electron chi connectivity index (χ1n) is 6.45. The topological polar surface area (TPSA) is 78.9 Å². The molecule has 0 unspecified atom stereocenters. The molecule has 6 nitrogen and oxygen atoms in total. The van der Waals surface area contributed by atoms with Crippen molar-refractivity contribution in [3.8, 4) is 5.75 Å². The third kappa shape index (κ3) is 3.69. The molecule has 0 spiro atoms. The lowest BCUT2D eigenvalue weighted by Gasteiger charge is -2.33. The van der Waals surface area contributed by atoms with Crippen LogP contribution in [-0.2, 0) is 16.8 Å². The predicted molar refractivity (Wildman–Crippen MR) is 75.5 cm³/mol. The Labute approximate surface area is 119 Å². The van der Waals surface area contributed by atoms with Crippen molar-refractivity contribution in [1.82, 2.24) is 9.03 Å². The molecule has 1 aliphatic rings. The molecule has 7 heteroatoms. The van der Waals surface area contributed by atoms with Crippen LogP contribution in [0.4, 0.5) is 0 Å². The maximum absolute atomic E-state index is 12.1. The molecule has 0 aliphatic heterocycles. The molecule has 0 heterocycles. The van der Waals surface area contributed by atoms with Crippen molar-refractivity contribution in [2.75, 3.05) is 14.2 Å². The van der Waals surface area contributed by atoms with E-state index in [0.717, 1.165) is 5.56 Å². The van der Waals surface area contributed by atoms with Crippen LogP contribution in [0.5, 0.6) is 5.75 Å². The summed E-state index contributed by atoms with van der Waals surface area (Å²) >= 11 is 0. The van der Waals surface area contributed by atoms with Crippen molar-refractivity contribution in [3.63, 3.8) is 0 Å². The normalized spacial score (nSPS) is 22.6. The van der Waals surface area contributed by atoms with Gasteiger partial charge in [0.15, 0.2) is 0 Å². The molecule has 0 atom stereocenters. The minimum atomic E-state index is -3.53. The average molecular weight is 300 g/mol. The summed E-state index contributed by atoms with van der Waals surface area (Å²) in [6, 6.07) is 7.12. The molecule has 0 bridgehead atoms. The van der Waals surface area contributed by atoms with Crippen LogP contribution in [0, 0.1) is 0 Å². The number of rotatable bonds is 6. The number of methoxy groups -OCH3 is 1. The van der Waals surface area contributed by atoms with Gasteiger partial charge < -0.3 is 9.84 Å². The number of nitrogens with one attached hydrogen (secondary N) is 1. The highest BCUT2D eigenvalue weighted by Gasteiger charge is 2.32. The number of aliphatic hydroxyl groups excluding tert-OH is 1. The molecule has 1 fully saturated rings. The maximum atomic E-state index is 12.1. The van der Waals surface area contributed by atoms with Crippen molar-refractivity contribution in [2.24, 2.45) is 0 Å². The number of aliphatic hydroxyl groups is 1. The SMILES string of the molecule is COc1cccc(CN(C)S(=O)(=O)NC2CC(O)C2)c1. The lowest BCUT2D eigenvalue weighted by molar-refractivity contribution is 0.0706. The molecular formula is C13H20N2O4S.